The van der Waals surface area contributed by atoms with Gasteiger partial charge >= 0.3 is 5.97 Å². The smallest absolute Gasteiger partial charge is 0.338 e. The molecule has 1 aliphatic carbocycles. The highest BCUT2D eigenvalue weighted by Gasteiger charge is 2.21. The molecule has 0 radical (unpaired) electrons. The van der Waals surface area contributed by atoms with Crippen LogP contribution in [0, 0.1) is 0 Å². The number of oxime groups is 1. The van der Waals surface area contributed by atoms with Gasteiger partial charge in [-0.2, -0.15) is 0 Å². The van der Waals surface area contributed by atoms with E-state index in [2.05, 4.69) is 25.4 Å². The Morgan fingerprint density at radius 3 is 2.73 bits per heavy atom. The fraction of sp³-hybridized carbons (Fsp3) is 0.0952. The minimum absolute atomic E-state index is 0.00832. The van der Waals surface area contributed by atoms with Crippen LogP contribution in [0.5, 0.6) is 0 Å². The fourth-order valence-electron chi connectivity index (χ4n) is 3.58. The monoisotopic (exact) mass is 401 g/mol. The second-order valence-electron chi connectivity index (χ2n) is 6.82. The van der Waals surface area contributed by atoms with E-state index < -0.39 is 5.97 Å². The Morgan fingerprint density at radius 1 is 1.13 bits per heavy atom. The molecule has 5 rings (SSSR count). The molecular weight excluding hydrogens is 386 g/mol. The summed E-state index contributed by atoms with van der Waals surface area (Å²) in [5.41, 5.74) is 4.75. The molecule has 0 amide bonds. The largest absolute Gasteiger partial charge is 0.478 e. The predicted octanol–water partition coefficient (Wildman–Crippen LogP) is 3.85. The Labute approximate surface area is 169 Å². The second-order valence-corrected chi connectivity index (χ2v) is 6.82. The van der Waals surface area contributed by atoms with E-state index in [9.17, 15) is 4.79 Å². The lowest BCUT2D eigenvalue weighted by molar-refractivity contribution is 0.0696. The average molecular weight is 401 g/mol. The maximum absolute atomic E-state index is 11.1. The molecule has 3 aromatic heterocycles. The lowest BCUT2D eigenvalue weighted by Gasteiger charge is -2.09. The van der Waals surface area contributed by atoms with Gasteiger partial charge in [0.15, 0.2) is 17.2 Å². The molecule has 1 aromatic carbocycles. The van der Waals surface area contributed by atoms with Crippen LogP contribution >= 0.6 is 0 Å². The Bertz CT molecular complexity index is 1310. The Balaban J connectivity index is 1.59. The van der Waals surface area contributed by atoms with Crippen LogP contribution < -0.4 is 5.32 Å². The number of hydrogen-bond acceptors (Lipinski definition) is 8. The summed E-state index contributed by atoms with van der Waals surface area (Å²) in [5.74, 6) is -0.458. The maximum atomic E-state index is 11.1. The summed E-state index contributed by atoms with van der Waals surface area (Å²) in [5, 5.41) is 25.7. The third-order valence-electron chi connectivity index (χ3n) is 5.03. The summed E-state index contributed by atoms with van der Waals surface area (Å²) in [6.45, 7) is 0. The normalized spacial score (nSPS) is 14.2. The number of aromatic nitrogens is 3. The molecule has 0 bridgehead atoms. The minimum Gasteiger partial charge on any atom is -0.478 e. The number of hydrogen-bond donors (Lipinski definition) is 3. The first-order valence-corrected chi connectivity index (χ1v) is 9.17. The third-order valence-corrected chi connectivity index (χ3v) is 5.03. The van der Waals surface area contributed by atoms with Crippen LogP contribution in [-0.4, -0.2) is 36.9 Å². The van der Waals surface area contributed by atoms with Gasteiger partial charge in [-0.1, -0.05) is 11.2 Å². The lowest BCUT2D eigenvalue weighted by atomic mass is 10.1. The highest BCUT2D eigenvalue weighted by Crippen LogP contribution is 2.38. The van der Waals surface area contributed by atoms with Gasteiger partial charge in [0, 0.05) is 35.2 Å². The Kier molecular flexibility index (Phi) is 4.13. The zero-order valence-electron chi connectivity index (χ0n) is 15.5. The van der Waals surface area contributed by atoms with Gasteiger partial charge in [-0.15, -0.1) is 0 Å². The van der Waals surface area contributed by atoms with Crippen LogP contribution in [0.1, 0.15) is 27.9 Å². The summed E-state index contributed by atoms with van der Waals surface area (Å²) in [7, 11) is 0. The molecule has 0 spiro atoms. The SMILES string of the molecule is O=C(O)c1cnc(-c2oc3cnccc3c2Nc2ccc3c(c2)CCC3=NO)nc1. The van der Waals surface area contributed by atoms with Crippen LogP contribution in [0.25, 0.3) is 22.6 Å². The molecule has 148 valence electrons. The van der Waals surface area contributed by atoms with E-state index in [0.717, 1.165) is 28.6 Å². The second kappa shape index (κ2) is 6.96. The standard InChI is InChI=1S/C21H15N5O4/c27-21(28)12-8-23-20(24-9-12)19-18(15-5-6-22-10-17(15)30-19)25-13-2-3-14-11(7-13)1-4-16(14)26-29/h2-3,5-10,25,29H,1,4H2,(H,27,28). The van der Waals surface area contributed by atoms with Gasteiger partial charge in [-0.25, -0.2) is 14.8 Å². The number of benzene rings is 1. The van der Waals surface area contributed by atoms with Crippen molar-refractivity contribution in [1.29, 1.82) is 0 Å². The van der Waals surface area contributed by atoms with Crippen LogP contribution in [0.4, 0.5) is 11.4 Å². The highest BCUT2D eigenvalue weighted by atomic mass is 16.4. The summed E-state index contributed by atoms with van der Waals surface area (Å²) in [6.07, 6.45) is 7.24. The van der Waals surface area contributed by atoms with Gasteiger partial charge in [0.2, 0.25) is 0 Å². The number of nitrogens with one attached hydrogen (secondary N) is 1. The minimum atomic E-state index is -1.10. The van der Waals surface area contributed by atoms with Gasteiger partial charge in [0.05, 0.1) is 23.2 Å². The van der Waals surface area contributed by atoms with E-state index in [-0.39, 0.29) is 11.4 Å². The molecule has 9 heteroatoms. The first kappa shape index (κ1) is 17.8. The molecular formula is C21H15N5O4. The van der Waals surface area contributed by atoms with Crippen molar-refractivity contribution in [3.8, 4) is 11.6 Å². The van der Waals surface area contributed by atoms with Crippen LogP contribution in [0.2, 0.25) is 0 Å². The molecule has 4 aromatic rings. The summed E-state index contributed by atoms with van der Waals surface area (Å²) < 4.78 is 5.94. The number of anilines is 2. The zero-order chi connectivity index (χ0) is 20.7. The van der Waals surface area contributed by atoms with Crippen LogP contribution in [0.15, 0.2) is 58.6 Å². The molecule has 0 saturated carbocycles. The van der Waals surface area contributed by atoms with Crippen LogP contribution in [0.3, 0.4) is 0 Å². The molecule has 3 heterocycles. The summed E-state index contributed by atoms with van der Waals surface area (Å²) in [4.78, 5) is 23.5. The van der Waals surface area contributed by atoms with Gasteiger partial charge in [-0.05, 0) is 36.6 Å². The molecule has 0 atom stereocenters. The van der Waals surface area contributed by atoms with E-state index in [1.807, 2.05) is 24.3 Å². The van der Waals surface area contributed by atoms with E-state index in [1.54, 1.807) is 12.4 Å². The summed E-state index contributed by atoms with van der Waals surface area (Å²) >= 11 is 0. The Morgan fingerprint density at radius 2 is 1.97 bits per heavy atom. The number of carbonyl (C=O) groups is 1. The van der Waals surface area contributed by atoms with E-state index in [0.29, 0.717) is 29.2 Å². The number of furan rings is 1. The van der Waals surface area contributed by atoms with E-state index in [4.69, 9.17) is 14.7 Å². The van der Waals surface area contributed by atoms with Crippen molar-refractivity contribution in [1.82, 2.24) is 15.0 Å². The quantitative estimate of drug-likeness (QED) is 0.347. The number of aromatic carboxylic acids is 1. The van der Waals surface area contributed by atoms with Crippen LogP contribution in [-0.2, 0) is 6.42 Å². The van der Waals surface area contributed by atoms with E-state index in [1.165, 1.54) is 12.4 Å². The van der Waals surface area contributed by atoms with Crippen molar-refractivity contribution in [3.63, 3.8) is 0 Å². The Hall–Kier alpha value is -4.27. The number of carboxylic acid groups (broad SMARTS) is 1. The number of fused-ring (bicyclic) bond motifs is 2. The molecule has 1 aliphatic rings. The maximum Gasteiger partial charge on any atom is 0.338 e. The number of carboxylic acids is 1. The first-order chi connectivity index (χ1) is 14.6. The fourth-order valence-corrected chi connectivity index (χ4v) is 3.58. The molecule has 30 heavy (non-hydrogen) atoms. The number of rotatable bonds is 4. The van der Waals surface area contributed by atoms with Crippen molar-refractivity contribution >= 4 is 34.0 Å². The van der Waals surface area contributed by atoms with E-state index >= 15 is 0 Å². The van der Waals surface area contributed by atoms with Crippen molar-refractivity contribution in [2.45, 2.75) is 12.8 Å². The van der Waals surface area contributed by atoms with Crippen molar-refractivity contribution < 1.29 is 19.5 Å². The van der Waals surface area contributed by atoms with Gasteiger partial charge in [0.1, 0.15) is 0 Å². The molecule has 0 saturated heterocycles. The summed E-state index contributed by atoms with van der Waals surface area (Å²) in [6, 6.07) is 7.64. The van der Waals surface area contributed by atoms with Crippen molar-refractivity contribution in [2.24, 2.45) is 5.16 Å². The molecule has 0 fully saturated rings. The zero-order valence-corrected chi connectivity index (χ0v) is 15.5. The number of pyridine rings is 1. The molecule has 0 unspecified atom stereocenters. The number of aryl methyl sites for hydroxylation is 1. The highest BCUT2D eigenvalue weighted by molar-refractivity contribution is 6.05. The molecule has 3 N–H and O–H groups in total. The topological polar surface area (TPSA) is 134 Å². The molecule has 0 aliphatic heterocycles. The van der Waals surface area contributed by atoms with Gasteiger partial charge in [-0.3, -0.25) is 4.98 Å². The van der Waals surface area contributed by atoms with Gasteiger partial charge in [0.25, 0.3) is 0 Å². The predicted molar refractivity (Wildman–Crippen MR) is 108 cm³/mol. The van der Waals surface area contributed by atoms with Gasteiger partial charge < -0.3 is 20.0 Å². The first-order valence-electron chi connectivity index (χ1n) is 9.17. The lowest BCUT2D eigenvalue weighted by Crippen LogP contribution is -2.00. The molecule has 9 nitrogen and oxygen atoms in total. The van der Waals surface area contributed by atoms with Crippen molar-refractivity contribution in [2.75, 3.05) is 5.32 Å². The third kappa shape index (κ3) is 2.93. The van der Waals surface area contributed by atoms with Crippen molar-refractivity contribution in [3.05, 3.63) is 65.7 Å². The number of nitrogens with zero attached hydrogens (tertiary/aromatic N) is 4. The average Bonchev–Trinajstić information content (AvgIpc) is 3.35.